The number of anilines is 1. The molecule has 21 heavy (non-hydrogen) atoms. The van der Waals surface area contributed by atoms with E-state index in [2.05, 4.69) is 15.4 Å². The van der Waals surface area contributed by atoms with E-state index in [1.165, 1.54) is 6.07 Å². The Morgan fingerprint density at radius 1 is 1.33 bits per heavy atom. The molecule has 0 spiro atoms. The first-order valence-corrected chi connectivity index (χ1v) is 8.48. The van der Waals surface area contributed by atoms with Gasteiger partial charge in [-0.05, 0) is 44.5 Å². The molecule has 116 valence electrons. The molecule has 0 radical (unpaired) electrons. The Morgan fingerprint density at radius 2 is 2.05 bits per heavy atom. The molecule has 0 saturated heterocycles. The highest BCUT2D eigenvalue weighted by Crippen LogP contribution is 2.25. The fraction of sp³-hybridized carbons (Fsp3) is 0.500. The Kier molecular flexibility index (Phi) is 4.97. The molecule has 3 N–H and O–H groups in total. The molecule has 1 aromatic rings. The van der Waals surface area contributed by atoms with Crippen LogP contribution in [0.25, 0.3) is 0 Å². The minimum atomic E-state index is -3.52. The van der Waals surface area contributed by atoms with Crippen LogP contribution in [0.5, 0.6) is 0 Å². The first-order chi connectivity index (χ1) is 9.92. The fourth-order valence-electron chi connectivity index (χ4n) is 1.91. The molecule has 1 saturated carbocycles. The molecule has 0 unspecified atom stereocenters. The Labute approximate surface area is 125 Å². The lowest BCUT2D eigenvalue weighted by molar-refractivity contribution is -0.116. The van der Waals surface area contributed by atoms with Gasteiger partial charge >= 0.3 is 0 Å². The van der Waals surface area contributed by atoms with E-state index in [1.807, 2.05) is 0 Å². The summed E-state index contributed by atoms with van der Waals surface area (Å²) in [5.74, 6) is -0.147. The van der Waals surface area contributed by atoms with Crippen LogP contribution in [0.1, 0.15) is 24.8 Å². The highest BCUT2D eigenvalue weighted by Gasteiger charge is 2.28. The summed E-state index contributed by atoms with van der Waals surface area (Å²) in [6.07, 6.45) is 2.12. The molecule has 6 nitrogen and oxygen atoms in total. The zero-order chi connectivity index (χ0) is 15.5. The SMILES string of the molecule is CNCCC(=O)Nc1ccc(C)c(S(=O)(=O)NC2CC2)c1. The van der Waals surface area contributed by atoms with Crippen molar-refractivity contribution in [1.29, 1.82) is 0 Å². The van der Waals surface area contributed by atoms with Gasteiger partial charge in [-0.3, -0.25) is 4.79 Å². The number of carbonyl (C=O) groups excluding carboxylic acids is 1. The average molecular weight is 311 g/mol. The molecule has 0 aliphatic heterocycles. The number of hydrogen-bond donors (Lipinski definition) is 3. The van der Waals surface area contributed by atoms with Gasteiger partial charge in [0.2, 0.25) is 15.9 Å². The second-order valence-electron chi connectivity index (χ2n) is 5.28. The van der Waals surface area contributed by atoms with Gasteiger partial charge in [0.25, 0.3) is 0 Å². The van der Waals surface area contributed by atoms with Gasteiger partial charge in [-0.2, -0.15) is 0 Å². The van der Waals surface area contributed by atoms with E-state index in [0.29, 0.717) is 24.2 Å². The number of benzene rings is 1. The maximum Gasteiger partial charge on any atom is 0.241 e. The molecule has 0 atom stereocenters. The maximum absolute atomic E-state index is 12.3. The summed E-state index contributed by atoms with van der Waals surface area (Å²) in [6, 6.07) is 4.98. The lowest BCUT2D eigenvalue weighted by atomic mass is 10.2. The number of hydrogen-bond acceptors (Lipinski definition) is 4. The molecule has 1 fully saturated rings. The van der Waals surface area contributed by atoms with Gasteiger partial charge in [-0.15, -0.1) is 0 Å². The minimum absolute atomic E-state index is 0.0586. The van der Waals surface area contributed by atoms with Gasteiger partial charge in [0.1, 0.15) is 0 Å². The van der Waals surface area contributed by atoms with Gasteiger partial charge in [-0.25, -0.2) is 13.1 Å². The van der Waals surface area contributed by atoms with Crippen LogP contribution >= 0.6 is 0 Å². The van der Waals surface area contributed by atoms with Crippen molar-refractivity contribution in [1.82, 2.24) is 10.0 Å². The number of sulfonamides is 1. The third kappa shape index (κ3) is 4.52. The minimum Gasteiger partial charge on any atom is -0.326 e. The van der Waals surface area contributed by atoms with Crippen LogP contribution in [0.2, 0.25) is 0 Å². The van der Waals surface area contributed by atoms with Crippen LogP contribution in [-0.2, 0) is 14.8 Å². The van der Waals surface area contributed by atoms with Crippen molar-refractivity contribution in [3.63, 3.8) is 0 Å². The van der Waals surface area contributed by atoms with Crippen molar-refractivity contribution < 1.29 is 13.2 Å². The molecule has 2 rings (SSSR count). The summed E-state index contributed by atoms with van der Waals surface area (Å²) < 4.78 is 27.2. The van der Waals surface area contributed by atoms with E-state index in [0.717, 1.165) is 12.8 Å². The summed E-state index contributed by atoms with van der Waals surface area (Å²) in [5.41, 5.74) is 1.16. The molecule has 1 aromatic carbocycles. The molecule has 0 heterocycles. The maximum atomic E-state index is 12.3. The topological polar surface area (TPSA) is 87.3 Å². The van der Waals surface area contributed by atoms with E-state index in [1.54, 1.807) is 26.1 Å². The third-order valence-electron chi connectivity index (χ3n) is 3.26. The number of carbonyl (C=O) groups is 1. The Morgan fingerprint density at radius 3 is 2.67 bits per heavy atom. The van der Waals surface area contributed by atoms with E-state index < -0.39 is 10.0 Å². The van der Waals surface area contributed by atoms with Gasteiger partial charge in [0, 0.05) is 24.7 Å². The van der Waals surface area contributed by atoms with Crippen LogP contribution in [0.4, 0.5) is 5.69 Å². The lowest BCUT2D eigenvalue weighted by Gasteiger charge is -2.11. The molecule has 1 amide bonds. The van der Waals surface area contributed by atoms with Crippen LogP contribution in [0.15, 0.2) is 23.1 Å². The van der Waals surface area contributed by atoms with Gasteiger partial charge in [0.15, 0.2) is 0 Å². The molecular formula is C14H21N3O3S. The van der Waals surface area contributed by atoms with Gasteiger partial charge in [-0.1, -0.05) is 6.07 Å². The molecular weight excluding hydrogens is 290 g/mol. The van der Waals surface area contributed by atoms with Crippen molar-refractivity contribution in [3.8, 4) is 0 Å². The monoisotopic (exact) mass is 311 g/mol. The Balaban J connectivity index is 2.14. The van der Waals surface area contributed by atoms with Gasteiger partial charge < -0.3 is 10.6 Å². The van der Waals surface area contributed by atoms with Crippen molar-refractivity contribution in [3.05, 3.63) is 23.8 Å². The normalized spacial score (nSPS) is 15.0. The van der Waals surface area contributed by atoms with Crippen LogP contribution in [0.3, 0.4) is 0 Å². The molecule has 7 heteroatoms. The van der Waals surface area contributed by atoms with Crippen LogP contribution < -0.4 is 15.4 Å². The predicted octanol–water partition coefficient (Wildman–Crippen LogP) is 0.984. The second kappa shape index (κ2) is 6.55. The van der Waals surface area contributed by atoms with Crippen molar-refractivity contribution in [2.45, 2.75) is 37.1 Å². The van der Waals surface area contributed by atoms with Gasteiger partial charge in [0.05, 0.1) is 4.90 Å². The Bertz CT molecular complexity index is 624. The standard InChI is InChI=1S/C14H21N3O3S/c1-10-3-4-12(16-14(18)7-8-15-2)9-13(10)21(19,20)17-11-5-6-11/h3-4,9,11,15,17H,5-8H2,1-2H3,(H,16,18). The summed E-state index contributed by atoms with van der Waals surface area (Å²) in [4.78, 5) is 11.9. The van der Waals surface area contributed by atoms with E-state index in [-0.39, 0.29) is 16.8 Å². The lowest BCUT2D eigenvalue weighted by Crippen LogP contribution is -2.26. The first-order valence-electron chi connectivity index (χ1n) is 7.00. The van der Waals surface area contributed by atoms with Crippen molar-refractivity contribution in [2.75, 3.05) is 18.9 Å². The zero-order valence-electron chi connectivity index (χ0n) is 12.3. The largest absolute Gasteiger partial charge is 0.326 e. The first kappa shape index (κ1) is 15.9. The number of rotatable bonds is 7. The van der Waals surface area contributed by atoms with Crippen molar-refractivity contribution >= 4 is 21.6 Å². The number of nitrogens with one attached hydrogen (secondary N) is 3. The number of amides is 1. The summed E-state index contributed by atoms with van der Waals surface area (Å²) >= 11 is 0. The zero-order valence-corrected chi connectivity index (χ0v) is 13.1. The number of aryl methyl sites for hydroxylation is 1. The highest BCUT2D eigenvalue weighted by molar-refractivity contribution is 7.89. The second-order valence-corrected chi connectivity index (χ2v) is 6.96. The van der Waals surface area contributed by atoms with Crippen LogP contribution in [0, 0.1) is 6.92 Å². The predicted molar refractivity (Wildman–Crippen MR) is 81.7 cm³/mol. The fourth-order valence-corrected chi connectivity index (χ4v) is 3.49. The van der Waals surface area contributed by atoms with E-state index >= 15 is 0 Å². The molecule has 0 aromatic heterocycles. The Hall–Kier alpha value is -1.44. The van der Waals surface area contributed by atoms with Crippen LogP contribution in [-0.4, -0.2) is 34.0 Å². The summed E-state index contributed by atoms with van der Waals surface area (Å²) in [7, 11) is -1.75. The van der Waals surface area contributed by atoms with E-state index in [4.69, 9.17) is 0 Å². The average Bonchev–Trinajstić information content (AvgIpc) is 3.21. The van der Waals surface area contributed by atoms with Crippen molar-refractivity contribution in [2.24, 2.45) is 0 Å². The molecule has 0 bridgehead atoms. The molecule has 1 aliphatic rings. The molecule has 1 aliphatic carbocycles. The summed E-state index contributed by atoms with van der Waals surface area (Å²) in [6.45, 7) is 2.32. The quantitative estimate of drug-likeness (QED) is 0.700. The smallest absolute Gasteiger partial charge is 0.241 e. The van der Waals surface area contributed by atoms with E-state index in [9.17, 15) is 13.2 Å². The summed E-state index contributed by atoms with van der Waals surface area (Å²) in [5, 5.41) is 5.61. The third-order valence-corrected chi connectivity index (χ3v) is 4.93. The highest BCUT2D eigenvalue weighted by atomic mass is 32.2.